The third-order valence-electron chi connectivity index (χ3n) is 3.51. The van der Waals surface area contributed by atoms with Gasteiger partial charge in [0, 0.05) is 0 Å². The van der Waals surface area contributed by atoms with Crippen molar-refractivity contribution >= 4 is 12.2 Å². The molecule has 0 N–H and O–H groups in total. The first-order valence-corrected chi connectivity index (χ1v) is 7.92. The molecular weight excluding hydrogens is 304 g/mol. The van der Waals surface area contributed by atoms with Gasteiger partial charge in [0.25, 0.3) is 0 Å². The Kier molecular flexibility index (Phi) is 6.55. The Balaban J connectivity index is 2.19. The summed E-state index contributed by atoms with van der Waals surface area (Å²) in [5, 5.41) is 0. The Hall–Kier alpha value is -2.62. The van der Waals surface area contributed by atoms with Crippen molar-refractivity contribution in [3.63, 3.8) is 0 Å². The van der Waals surface area contributed by atoms with Gasteiger partial charge in [0.05, 0.1) is 27.9 Å². The third-order valence-corrected chi connectivity index (χ3v) is 3.51. The van der Waals surface area contributed by atoms with Gasteiger partial charge in [0.15, 0.2) is 11.5 Å². The first kappa shape index (κ1) is 17.7. The van der Waals surface area contributed by atoms with Gasteiger partial charge in [-0.25, -0.2) is 0 Å². The predicted octanol–water partition coefficient (Wildman–Crippen LogP) is 4.67. The van der Waals surface area contributed by atoms with Crippen LogP contribution in [0.2, 0.25) is 0 Å². The van der Waals surface area contributed by atoms with E-state index in [9.17, 15) is 0 Å². The predicted molar refractivity (Wildman–Crippen MR) is 97.3 cm³/mol. The van der Waals surface area contributed by atoms with Crippen LogP contribution in [0.15, 0.2) is 36.4 Å². The van der Waals surface area contributed by atoms with Crippen LogP contribution in [0.4, 0.5) is 0 Å². The fourth-order valence-electron chi connectivity index (χ4n) is 2.29. The second kappa shape index (κ2) is 8.87. The fourth-order valence-corrected chi connectivity index (χ4v) is 2.29. The summed E-state index contributed by atoms with van der Waals surface area (Å²) in [7, 11) is 4.82. The van der Waals surface area contributed by atoms with Crippen molar-refractivity contribution in [3.8, 4) is 23.0 Å². The Bertz CT molecular complexity index is 650. The Morgan fingerprint density at radius 1 is 0.792 bits per heavy atom. The van der Waals surface area contributed by atoms with Crippen LogP contribution in [0.25, 0.3) is 12.2 Å². The van der Waals surface area contributed by atoms with Gasteiger partial charge in [0.1, 0.15) is 5.75 Å². The number of ether oxygens (including phenoxy) is 4. The second-order valence-corrected chi connectivity index (χ2v) is 5.21. The third kappa shape index (κ3) is 4.44. The molecule has 2 aromatic carbocycles. The van der Waals surface area contributed by atoms with Crippen molar-refractivity contribution in [1.82, 2.24) is 0 Å². The number of rotatable bonds is 8. The molecule has 0 saturated heterocycles. The van der Waals surface area contributed by atoms with Crippen molar-refractivity contribution in [2.75, 3.05) is 27.9 Å². The van der Waals surface area contributed by atoms with Gasteiger partial charge in [-0.2, -0.15) is 0 Å². The van der Waals surface area contributed by atoms with Gasteiger partial charge in [-0.05, 0) is 41.8 Å². The Labute approximate surface area is 143 Å². The van der Waals surface area contributed by atoms with E-state index in [2.05, 4.69) is 6.92 Å². The molecule has 0 unspecified atom stereocenters. The van der Waals surface area contributed by atoms with E-state index < -0.39 is 0 Å². The largest absolute Gasteiger partial charge is 0.494 e. The van der Waals surface area contributed by atoms with Crippen LogP contribution in [-0.2, 0) is 0 Å². The summed E-state index contributed by atoms with van der Waals surface area (Å²) in [5.74, 6) is 2.76. The van der Waals surface area contributed by atoms with E-state index in [1.165, 1.54) is 0 Å². The highest BCUT2D eigenvalue weighted by Crippen LogP contribution is 2.38. The van der Waals surface area contributed by atoms with Gasteiger partial charge in [-0.3, -0.25) is 0 Å². The summed E-state index contributed by atoms with van der Waals surface area (Å²) < 4.78 is 21.7. The number of hydrogen-bond acceptors (Lipinski definition) is 4. The molecule has 128 valence electrons. The molecule has 24 heavy (non-hydrogen) atoms. The monoisotopic (exact) mass is 328 g/mol. The maximum absolute atomic E-state index is 5.59. The molecule has 0 atom stereocenters. The van der Waals surface area contributed by atoms with E-state index in [-0.39, 0.29) is 0 Å². The number of hydrogen-bond donors (Lipinski definition) is 0. The van der Waals surface area contributed by atoms with Gasteiger partial charge in [-0.15, -0.1) is 0 Å². The van der Waals surface area contributed by atoms with Crippen molar-refractivity contribution in [2.24, 2.45) is 0 Å². The molecule has 2 aromatic rings. The molecule has 0 aliphatic carbocycles. The van der Waals surface area contributed by atoms with E-state index in [1.54, 1.807) is 21.3 Å². The lowest BCUT2D eigenvalue weighted by Crippen LogP contribution is -1.95. The van der Waals surface area contributed by atoms with Crippen LogP contribution < -0.4 is 18.9 Å². The van der Waals surface area contributed by atoms with E-state index in [1.807, 2.05) is 48.6 Å². The zero-order chi connectivity index (χ0) is 17.4. The molecule has 0 amide bonds. The lowest BCUT2D eigenvalue weighted by molar-refractivity contribution is 0.317. The highest BCUT2D eigenvalue weighted by atomic mass is 16.5. The summed E-state index contributed by atoms with van der Waals surface area (Å²) in [5.41, 5.74) is 2.06. The van der Waals surface area contributed by atoms with Crippen LogP contribution in [0.3, 0.4) is 0 Å². The SMILES string of the molecule is CCCOc1ccc(/C=C\c2cc(OC)c(OC)c(OC)c2)cc1. The van der Waals surface area contributed by atoms with Crippen molar-refractivity contribution in [1.29, 1.82) is 0 Å². The van der Waals surface area contributed by atoms with Crippen molar-refractivity contribution in [2.45, 2.75) is 13.3 Å². The second-order valence-electron chi connectivity index (χ2n) is 5.21. The zero-order valence-corrected chi connectivity index (χ0v) is 14.7. The van der Waals surface area contributed by atoms with Gasteiger partial charge in [0.2, 0.25) is 5.75 Å². The molecule has 0 spiro atoms. The minimum atomic E-state index is 0.592. The highest BCUT2D eigenvalue weighted by molar-refractivity contribution is 5.72. The molecule has 0 aliphatic heterocycles. The van der Waals surface area contributed by atoms with Crippen molar-refractivity contribution in [3.05, 3.63) is 47.5 Å². The van der Waals surface area contributed by atoms with Crippen LogP contribution >= 0.6 is 0 Å². The van der Waals surface area contributed by atoms with E-state index in [0.29, 0.717) is 17.2 Å². The normalized spacial score (nSPS) is 10.7. The molecule has 0 bridgehead atoms. The molecule has 0 heterocycles. The minimum absolute atomic E-state index is 0.592. The maximum Gasteiger partial charge on any atom is 0.203 e. The standard InChI is InChI=1S/C20H24O4/c1-5-12-24-17-10-8-15(9-11-17)6-7-16-13-18(21-2)20(23-4)19(14-16)22-3/h6-11,13-14H,5,12H2,1-4H3/b7-6-. The van der Waals surface area contributed by atoms with Crippen LogP contribution in [0.1, 0.15) is 24.5 Å². The number of methoxy groups -OCH3 is 3. The molecule has 4 nitrogen and oxygen atoms in total. The Morgan fingerprint density at radius 3 is 1.88 bits per heavy atom. The first-order chi connectivity index (χ1) is 11.7. The van der Waals surface area contributed by atoms with Crippen molar-refractivity contribution < 1.29 is 18.9 Å². The lowest BCUT2D eigenvalue weighted by atomic mass is 10.1. The molecule has 0 saturated carbocycles. The molecular formula is C20H24O4. The summed E-state index contributed by atoms with van der Waals surface area (Å²) in [6.45, 7) is 2.83. The van der Waals surface area contributed by atoms with Crippen LogP contribution in [-0.4, -0.2) is 27.9 Å². The number of benzene rings is 2. The minimum Gasteiger partial charge on any atom is -0.494 e. The fraction of sp³-hybridized carbons (Fsp3) is 0.300. The maximum atomic E-state index is 5.59. The molecule has 2 rings (SSSR count). The molecule has 4 heteroatoms. The van der Waals surface area contributed by atoms with E-state index in [4.69, 9.17) is 18.9 Å². The Morgan fingerprint density at radius 2 is 1.38 bits per heavy atom. The molecule has 0 radical (unpaired) electrons. The smallest absolute Gasteiger partial charge is 0.203 e. The molecule has 0 aromatic heterocycles. The quantitative estimate of drug-likeness (QED) is 0.660. The van der Waals surface area contributed by atoms with Gasteiger partial charge in [-0.1, -0.05) is 31.2 Å². The van der Waals surface area contributed by atoms with Crippen LogP contribution in [0.5, 0.6) is 23.0 Å². The summed E-state index contributed by atoms with van der Waals surface area (Å²) in [4.78, 5) is 0. The van der Waals surface area contributed by atoms with E-state index in [0.717, 1.165) is 29.9 Å². The van der Waals surface area contributed by atoms with Gasteiger partial charge < -0.3 is 18.9 Å². The lowest BCUT2D eigenvalue weighted by Gasteiger charge is -2.12. The van der Waals surface area contributed by atoms with Gasteiger partial charge >= 0.3 is 0 Å². The summed E-state index contributed by atoms with van der Waals surface area (Å²) in [6, 6.07) is 11.8. The average molecular weight is 328 g/mol. The summed E-state index contributed by atoms with van der Waals surface area (Å²) >= 11 is 0. The first-order valence-electron chi connectivity index (χ1n) is 7.92. The highest BCUT2D eigenvalue weighted by Gasteiger charge is 2.11. The molecule has 0 aliphatic rings. The van der Waals surface area contributed by atoms with Crippen LogP contribution in [0, 0.1) is 0 Å². The zero-order valence-electron chi connectivity index (χ0n) is 14.7. The average Bonchev–Trinajstić information content (AvgIpc) is 2.64. The summed E-state index contributed by atoms with van der Waals surface area (Å²) in [6.07, 6.45) is 5.04. The topological polar surface area (TPSA) is 36.9 Å². The van der Waals surface area contributed by atoms with E-state index >= 15 is 0 Å². The molecule has 0 fully saturated rings.